The lowest BCUT2D eigenvalue weighted by Crippen LogP contribution is -2.02. The maximum absolute atomic E-state index is 9.83. The van der Waals surface area contributed by atoms with E-state index in [0.717, 1.165) is 41.7 Å². The number of phenols is 1. The van der Waals surface area contributed by atoms with Crippen LogP contribution in [0.3, 0.4) is 0 Å². The third kappa shape index (κ3) is 9.23. The van der Waals surface area contributed by atoms with E-state index in [0.29, 0.717) is 0 Å². The van der Waals surface area contributed by atoms with Crippen LogP contribution in [0.25, 0.3) is 5.69 Å². The molecule has 0 aliphatic heterocycles. The molecule has 3 aromatic carbocycles. The number of rotatable bonds is 7. The van der Waals surface area contributed by atoms with Crippen molar-refractivity contribution in [1.29, 1.82) is 0 Å². The lowest BCUT2D eigenvalue weighted by molar-refractivity contribution is -0.106. The smallest absolute Gasteiger partial charge is 0.204 e. The molecule has 0 fully saturated rings. The zero-order chi connectivity index (χ0) is 26.3. The molecule has 0 saturated heterocycles. The first-order chi connectivity index (χ1) is 17.4. The molecule has 0 saturated carbocycles. The zero-order valence-corrected chi connectivity index (χ0v) is 22.3. The van der Waals surface area contributed by atoms with Crippen molar-refractivity contribution in [3.05, 3.63) is 101 Å². The number of aromatic nitrogens is 3. The van der Waals surface area contributed by atoms with Gasteiger partial charge in [0.15, 0.2) is 5.16 Å². The zero-order valence-electron chi connectivity index (χ0n) is 21.5. The Hall–Kier alpha value is -3.58. The molecular weight excluding hydrogens is 468 g/mol. The van der Waals surface area contributed by atoms with Gasteiger partial charge in [-0.05, 0) is 49.9 Å². The number of primary amides is 1. The molecule has 4 rings (SSSR count). The van der Waals surface area contributed by atoms with Gasteiger partial charge < -0.3 is 10.8 Å². The van der Waals surface area contributed by atoms with E-state index >= 15 is 0 Å². The van der Waals surface area contributed by atoms with Gasteiger partial charge in [-0.3, -0.25) is 9.36 Å². The molecule has 0 radical (unpaired) electrons. The molecule has 0 aliphatic rings. The average molecular weight is 505 g/mol. The largest absolute Gasteiger partial charge is 0.508 e. The Morgan fingerprint density at radius 2 is 1.58 bits per heavy atom. The molecule has 0 spiro atoms. The minimum atomic E-state index is 0.249. The number of nitrogens with two attached hydrogens (primary N) is 1. The molecule has 0 aliphatic carbocycles. The first-order valence-corrected chi connectivity index (χ1v) is 13.0. The van der Waals surface area contributed by atoms with Crippen LogP contribution in [-0.4, -0.2) is 26.3 Å². The Morgan fingerprint density at radius 1 is 0.917 bits per heavy atom. The van der Waals surface area contributed by atoms with E-state index in [1.807, 2.05) is 18.2 Å². The minimum Gasteiger partial charge on any atom is -0.508 e. The second-order valence-electron chi connectivity index (χ2n) is 8.26. The third-order valence-corrected chi connectivity index (χ3v) is 6.16. The van der Waals surface area contributed by atoms with Crippen LogP contribution in [0.2, 0.25) is 0 Å². The van der Waals surface area contributed by atoms with Gasteiger partial charge in [-0.2, -0.15) is 0 Å². The summed E-state index contributed by atoms with van der Waals surface area (Å²) in [5, 5.41) is 19.5. The number of thioether (sulfide) groups is 1. The quantitative estimate of drug-likeness (QED) is 0.231. The summed E-state index contributed by atoms with van der Waals surface area (Å²) in [5.41, 5.74) is 10.3. The summed E-state index contributed by atoms with van der Waals surface area (Å²) in [7, 11) is 0. The van der Waals surface area contributed by atoms with Crippen molar-refractivity contribution in [2.75, 3.05) is 0 Å². The number of aromatic hydroxyl groups is 1. The van der Waals surface area contributed by atoms with Gasteiger partial charge in [0.25, 0.3) is 0 Å². The highest BCUT2D eigenvalue weighted by Crippen LogP contribution is 2.27. The first kappa shape index (κ1) is 28.7. The van der Waals surface area contributed by atoms with Gasteiger partial charge in [0, 0.05) is 18.2 Å². The second kappa shape index (κ2) is 15.4. The van der Waals surface area contributed by atoms with E-state index in [9.17, 15) is 5.11 Å². The molecule has 190 valence electrons. The summed E-state index contributed by atoms with van der Waals surface area (Å²) >= 11 is 1.67. The number of hydrogen-bond acceptors (Lipinski definition) is 5. The van der Waals surface area contributed by atoms with Gasteiger partial charge >= 0.3 is 0 Å². The second-order valence-corrected chi connectivity index (χ2v) is 9.21. The van der Waals surface area contributed by atoms with Crippen molar-refractivity contribution < 1.29 is 9.90 Å². The topological polar surface area (TPSA) is 94.0 Å². The van der Waals surface area contributed by atoms with E-state index in [1.54, 1.807) is 23.9 Å². The van der Waals surface area contributed by atoms with E-state index in [2.05, 4.69) is 90.7 Å². The van der Waals surface area contributed by atoms with Crippen LogP contribution in [-0.2, 0) is 23.4 Å². The monoisotopic (exact) mass is 504 g/mol. The van der Waals surface area contributed by atoms with Crippen molar-refractivity contribution in [3.8, 4) is 11.4 Å². The number of hydrogen-bond donors (Lipinski definition) is 2. The fourth-order valence-corrected chi connectivity index (χ4v) is 4.59. The van der Waals surface area contributed by atoms with Crippen molar-refractivity contribution in [2.24, 2.45) is 5.73 Å². The maximum Gasteiger partial charge on any atom is 0.204 e. The molecule has 0 bridgehead atoms. The highest BCUT2D eigenvalue weighted by atomic mass is 32.2. The fraction of sp³-hybridized carbons (Fsp3) is 0.276. The molecule has 6 nitrogen and oxygen atoms in total. The minimum absolute atomic E-state index is 0.249. The maximum atomic E-state index is 9.83. The Bertz CT molecular complexity index is 1190. The SMILES string of the molecule is CCCc1nnc(SCc2cc(C)cc(C)c2)n1-c1cccc(O)c1.CCc1ccccc1.NC=O. The van der Waals surface area contributed by atoms with Crippen molar-refractivity contribution in [1.82, 2.24) is 14.8 Å². The molecule has 0 atom stereocenters. The molecule has 3 N–H and O–H groups in total. The van der Waals surface area contributed by atoms with Crippen LogP contribution in [0.15, 0.2) is 78.0 Å². The highest BCUT2D eigenvalue weighted by Gasteiger charge is 2.14. The van der Waals surface area contributed by atoms with Crippen LogP contribution in [0.5, 0.6) is 5.75 Å². The number of amides is 1. The Labute approximate surface area is 218 Å². The van der Waals surface area contributed by atoms with E-state index in [4.69, 9.17) is 4.79 Å². The molecule has 0 unspecified atom stereocenters. The molecule has 1 aromatic heterocycles. The summed E-state index contributed by atoms with van der Waals surface area (Å²) in [4.78, 5) is 8.58. The summed E-state index contributed by atoms with van der Waals surface area (Å²) in [6, 6.07) is 24.3. The summed E-state index contributed by atoms with van der Waals surface area (Å²) in [5.74, 6) is 2.01. The highest BCUT2D eigenvalue weighted by molar-refractivity contribution is 7.98. The van der Waals surface area contributed by atoms with Crippen LogP contribution in [0, 0.1) is 13.8 Å². The third-order valence-electron chi connectivity index (χ3n) is 5.16. The lowest BCUT2D eigenvalue weighted by atomic mass is 10.1. The van der Waals surface area contributed by atoms with Crippen LogP contribution in [0.4, 0.5) is 0 Å². The number of aryl methyl sites for hydroxylation is 4. The summed E-state index contributed by atoms with van der Waals surface area (Å²) in [6.45, 7) is 8.53. The Kier molecular flexibility index (Phi) is 12.3. The van der Waals surface area contributed by atoms with Gasteiger partial charge in [0.2, 0.25) is 6.41 Å². The van der Waals surface area contributed by atoms with Crippen LogP contribution in [0.1, 0.15) is 48.3 Å². The van der Waals surface area contributed by atoms with E-state index < -0.39 is 0 Å². The number of phenolic OH excluding ortho intramolecular Hbond substituents is 1. The van der Waals surface area contributed by atoms with E-state index in [-0.39, 0.29) is 12.2 Å². The van der Waals surface area contributed by atoms with Gasteiger partial charge in [-0.25, -0.2) is 0 Å². The number of carbonyl (C=O) groups excluding carboxylic acids is 1. The molecule has 1 amide bonds. The van der Waals surface area contributed by atoms with Gasteiger partial charge in [0.05, 0.1) is 5.69 Å². The predicted molar refractivity (Wildman–Crippen MR) is 149 cm³/mol. The van der Waals surface area contributed by atoms with Gasteiger partial charge in [-0.1, -0.05) is 91.3 Å². The first-order valence-electron chi connectivity index (χ1n) is 12.0. The number of benzene rings is 3. The van der Waals surface area contributed by atoms with Crippen LogP contribution >= 0.6 is 11.8 Å². The molecular formula is C29H36N4O2S. The number of nitrogens with zero attached hydrogens (tertiary/aromatic N) is 3. The molecule has 4 aromatic rings. The summed E-state index contributed by atoms with van der Waals surface area (Å²) in [6.07, 6.45) is 3.24. The average Bonchev–Trinajstić information content (AvgIpc) is 3.26. The van der Waals surface area contributed by atoms with Crippen molar-refractivity contribution in [3.63, 3.8) is 0 Å². The normalized spacial score (nSPS) is 10.0. The fourth-order valence-electron chi connectivity index (χ4n) is 3.68. The van der Waals surface area contributed by atoms with Crippen molar-refractivity contribution in [2.45, 2.75) is 57.9 Å². The van der Waals surface area contributed by atoms with E-state index in [1.165, 1.54) is 22.3 Å². The Balaban J connectivity index is 0.000000345. The Morgan fingerprint density at radius 3 is 2.14 bits per heavy atom. The molecule has 36 heavy (non-hydrogen) atoms. The lowest BCUT2D eigenvalue weighted by Gasteiger charge is -2.10. The predicted octanol–water partition coefficient (Wildman–Crippen LogP) is 6.19. The number of carbonyl (C=O) groups is 1. The molecule has 1 heterocycles. The van der Waals surface area contributed by atoms with Crippen molar-refractivity contribution >= 4 is 18.2 Å². The van der Waals surface area contributed by atoms with Gasteiger partial charge in [-0.15, -0.1) is 10.2 Å². The van der Waals surface area contributed by atoms with Crippen LogP contribution < -0.4 is 5.73 Å². The summed E-state index contributed by atoms with van der Waals surface area (Å²) < 4.78 is 2.05. The standard InChI is InChI=1S/C20H23N3OS.C8H10.CH3NO/c1-4-6-19-21-22-20(23(19)17-7-5-8-18(24)12-17)25-13-16-10-14(2)9-15(3)11-16;1-2-8-6-4-3-5-7-8;2-1-3/h5,7-12,24H,4,6,13H2,1-3H3;3-7H,2H2,1H3;1H,(H2,2,3). The van der Waals surface area contributed by atoms with Gasteiger partial charge in [0.1, 0.15) is 11.6 Å². The molecule has 7 heteroatoms.